The first-order valence-corrected chi connectivity index (χ1v) is 21.9. The lowest BCUT2D eigenvalue weighted by atomic mass is 10.0. The molecule has 16 heteroatoms. The minimum absolute atomic E-state index is 0.0130. The summed E-state index contributed by atoms with van der Waals surface area (Å²) in [5.41, 5.74) is -0.324. The van der Waals surface area contributed by atoms with Crippen molar-refractivity contribution in [3.63, 3.8) is 0 Å². The first-order chi connectivity index (χ1) is 26.7. The number of aromatic nitrogens is 2. The standard InChI is InChI=1S/C40H50N6O8S2/c1-39(2,3)54-38(50)43-32-16-8-6-4-5-7-12-25-23-40(25,37(49)45-56(51,52)28-18-19-28)44-34(47)33-22-26(24-46(33)36(32)48)53-35-31(20-17-27-13-11-21-55-27)41-29-14-9-10-15-30(29)42-35/h7,9-15,21,25-26,28,32-33H,4-6,8,16-20,22-24H2,1-3H3,(H,43,50)(H,44,47)(H,45,49)/b12-7-/t25-,26-,32+,33+,40-/m1/s1. The van der Waals surface area contributed by atoms with Crippen LogP contribution in [0.4, 0.5) is 4.79 Å². The second kappa shape index (κ2) is 16.1. The third-order valence-electron chi connectivity index (χ3n) is 10.6. The summed E-state index contributed by atoms with van der Waals surface area (Å²) in [6.07, 6.45) is 8.04. The fourth-order valence-corrected chi connectivity index (χ4v) is 9.50. The molecular formula is C40H50N6O8S2. The molecule has 56 heavy (non-hydrogen) atoms. The molecule has 3 aromatic rings. The number of amides is 4. The Morgan fingerprint density at radius 3 is 2.50 bits per heavy atom. The first kappa shape index (κ1) is 39.7. The highest BCUT2D eigenvalue weighted by Crippen LogP contribution is 2.46. The monoisotopic (exact) mass is 806 g/mol. The lowest BCUT2D eigenvalue weighted by Gasteiger charge is -2.30. The summed E-state index contributed by atoms with van der Waals surface area (Å²) in [5, 5.41) is 7.05. The SMILES string of the molecule is CC(C)(C)OC(=O)N[C@H]1CCCCC/C=C\[C@@H]2C[C@@]2(C(=O)NS(=O)(=O)C2CC2)NC(=O)[C@@H]2C[C@@H](Oc3nc4ccccc4nc3CCc3cccs3)CN2C1=O. The van der Waals surface area contributed by atoms with Gasteiger partial charge in [0.2, 0.25) is 27.7 Å². The van der Waals surface area contributed by atoms with Crippen molar-refractivity contribution < 1.29 is 37.1 Å². The van der Waals surface area contributed by atoms with E-state index in [-0.39, 0.29) is 19.4 Å². The van der Waals surface area contributed by atoms with E-state index in [9.17, 15) is 27.6 Å². The quantitative estimate of drug-likeness (QED) is 0.256. The van der Waals surface area contributed by atoms with Crippen LogP contribution in [0.1, 0.15) is 89.1 Å². The molecule has 4 aliphatic rings. The normalized spacial score (nSPS) is 26.5. The number of thiophene rings is 1. The number of nitrogens with zero attached hydrogens (tertiary/aromatic N) is 3. The van der Waals surface area contributed by atoms with Crippen LogP contribution in [0.25, 0.3) is 11.0 Å². The van der Waals surface area contributed by atoms with Crippen molar-refractivity contribution >= 4 is 56.2 Å². The molecule has 300 valence electrons. The molecule has 0 unspecified atom stereocenters. The Bertz CT molecular complexity index is 2100. The largest absolute Gasteiger partial charge is 0.471 e. The Balaban J connectivity index is 1.19. The summed E-state index contributed by atoms with van der Waals surface area (Å²) in [7, 11) is -3.89. The van der Waals surface area contributed by atoms with Gasteiger partial charge in [0.1, 0.15) is 35.0 Å². The van der Waals surface area contributed by atoms with Crippen LogP contribution in [0.5, 0.6) is 5.88 Å². The van der Waals surface area contributed by atoms with E-state index in [2.05, 4.69) is 21.4 Å². The van der Waals surface area contributed by atoms with E-state index in [1.54, 1.807) is 32.1 Å². The maximum Gasteiger partial charge on any atom is 0.408 e. The predicted octanol–water partition coefficient (Wildman–Crippen LogP) is 4.72. The number of hydrogen-bond acceptors (Lipinski definition) is 11. The molecule has 2 saturated carbocycles. The predicted molar refractivity (Wildman–Crippen MR) is 210 cm³/mol. The lowest BCUT2D eigenvalue weighted by molar-refractivity contribution is -0.141. The van der Waals surface area contributed by atoms with Gasteiger partial charge >= 0.3 is 6.09 Å². The highest BCUT2D eigenvalue weighted by molar-refractivity contribution is 7.91. The summed E-state index contributed by atoms with van der Waals surface area (Å²) >= 11 is 1.65. The molecule has 2 aromatic heterocycles. The fourth-order valence-electron chi connectivity index (χ4n) is 7.43. The Labute approximate surface area is 331 Å². The van der Waals surface area contributed by atoms with Crippen molar-refractivity contribution in [2.24, 2.45) is 5.92 Å². The third kappa shape index (κ3) is 9.34. The molecule has 3 N–H and O–H groups in total. The first-order valence-electron chi connectivity index (χ1n) is 19.5. The van der Waals surface area contributed by atoms with Crippen LogP contribution < -0.4 is 20.1 Å². The molecule has 2 aliphatic heterocycles. The van der Waals surface area contributed by atoms with Crippen LogP contribution in [0.15, 0.2) is 53.9 Å². The zero-order valence-electron chi connectivity index (χ0n) is 32.0. The topological polar surface area (TPSA) is 186 Å². The number of allylic oxidation sites excluding steroid dienone is 1. The number of rotatable bonds is 9. The number of ether oxygens (including phenoxy) is 2. The van der Waals surface area contributed by atoms with Crippen molar-refractivity contribution in [1.29, 1.82) is 0 Å². The molecule has 1 aromatic carbocycles. The molecule has 5 atom stereocenters. The number of hydrogen-bond donors (Lipinski definition) is 3. The molecule has 0 spiro atoms. The number of nitrogens with one attached hydrogen (secondary N) is 3. The molecule has 7 rings (SSSR count). The van der Waals surface area contributed by atoms with Crippen molar-refractivity contribution in [1.82, 2.24) is 30.2 Å². The molecular weight excluding hydrogens is 757 g/mol. The van der Waals surface area contributed by atoms with E-state index in [1.165, 1.54) is 9.78 Å². The number of carbonyl (C=O) groups excluding carboxylic acids is 4. The van der Waals surface area contributed by atoms with Gasteiger partial charge in [-0.15, -0.1) is 11.3 Å². The van der Waals surface area contributed by atoms with E-state index in [0.29, 0.717) is 61.1 Å². The number of para-hydroxylation sites is 2. The van der Waals surface area contributed by atoms with Gasteiger partial charge in [-0.1, -0.05) is 43.2 Å². The Kier molecular flexibility index (Phi) is 11.4. The highest BCUT2D eigenvalue weighted by atomic mass is 32.2. The summed E-state index contributed by atoms with van der Waals surface area (Å²) in [4.78, 5) is 68.2. The molecule has 2 aliphatic carbocycles. The minimum Gasteiger partial charge on any atom is -0.471 e. The van der Waals surface area contributed by atoms with Gasteiger partial charge in [0.05, 0.1) is 22.8 Å². The average Bonchev–Trinajstić information content (AvgIpc) is 4.01. The van der Waals surface area contributed by atoms with Crippen LogP contribution in [0.3, 0.4) is 0 Å². The van der Waals surface area contributed by atoms with Crippen LogP contribution in [-0.4, -0.2) is 88.2 Å². The Hall–Kier alpha value is -4.57. The summed E-state index contributed by atoms with van der Waals surface area (Å²) in [6.45, 7) is 5.19. The second-order valence-electron chi connectivity index (χ2n) is 16.2. The van der Waals surface area contributed by atoms with E-state index in [4.69, 9.17) is 19.4 Å². The zero-order chi connectivity index (χ0) is 39.7. The summed E-state index contributed by atoms with van der Waals surface area (Å²) in [6, 6.07) is 9.42. The fraction of sp³-hybridized carbons (Fsp3) is 0.550. The van der Waals surface area contributed by atoms with Crippen molar-refractivity contribution in [2.45, 2.75) is 126 Å². The average molecular weight is 807 g/mol. The molecule has 1 saturated heterocycles. The van der Waals surface area contributed by atoms with Crippen molar-refractivity contribution in [3.05, 3.63) is 64.5 Å². The molecule has 14 nitrogen and oxygen atoms in total. The van der Waals surface area contributed by atoms with Crippen LogP contribution in [-0.2, 0) is 42.0 Å². The number of alkyl carbamates (subject to hydrolysis) is 1. The Morgan fingerprint density at radius 2 is 1.79 bits per heavy atom. The number of benzene rings is 1. The van der Waals surface area contributed by atoms with Gasteiger partial charge in [-0.3, -0.25) is 19.1 Å². The molecule has 4 amide bonds. The number of fused-ring (bicyclic) bond motifs is 3. The molecule has 4 heterocycles. The second-order valence-corrected chi connectivity index (χ2v) is 19.2. The smallest absolute Gasteiger partial charge is 0.408 e. The number of carbonyl (C=O) groups is 4. The third-order valence-corrected chi connectivity index (χ3v) is 13.4. The number of sulfonamides is 1. The van der Waals surface area contributed by atoms with Gasteiger partial charge in [-0.05, 0) is 95.7 Å². The van der Waals surface area contributed by atoms with Gasteiger partial charge in [0.25, 0.3) is 5.91 Å². The van der Waals surface area contributed by atoms with Crippen LogP contribution >= 0.6 is 11.3 Å². The van der Waals surface area contributed by atoms with Gasteiger partial charge in [0.15, 0.2) is 0 Å². The van der Waals surface area contributed by atoms with Gasteiger partial charge in [0, 0.05) is 17.2 Å². The van der Waals surface area contributed by atoms with Crippen LogP contribution in [0.2, 0.25) is 0 Å². The van der Waals surface area contributed by atoms with Crippen LogP contribution in [0, 0.1) is 5.92 Å². The molecule has 0 bridgehead atoms. The van der Waals surface area contributed by atoms with E-state index < -0.39 is 74.3 Å². The van der Waals surface area contributed by atoms with E-state index in [1.807, 2.05) is 47.9 Å². The van der Waals surface area contributed by atoms with E-state index >= 15 is 0 Å². The zero-order valence-corrected chi connectivity index (χ0v) is 33.6. The van der Waals surface area contributed by atoms with Gasteiger partial charge in [-0.2, -0.15) is 0 Å². The summed E-state index contributed by atoms with van der Waals surface area (Å²) < 4.78 is 40.1. The van der Waals surface area contributed by atoms with E-state index in [0.717, 1.165) is 19.3 Å². The maximum atomic E-state index is 14.6. The highest BCUT2D eigenvalue weighted by Gasteiger charge is 2.62. The Morgan fingerprint density at radius 1 is 1.02 bits per heavy atom. The number of aryl methyl sites for hydroxylation is 2. The molecule has 0 radical (unpaired) electrons. The van der Waals surface area contributed by atoms with Crippen molar-refractivity contribution in [3.8, 4) is 5.88 Å². The van der Waals surface area contributed by atoms with Gasteiger partial charge in [-0.25, -0.2) is 23.2 Å². The van der Waals surface area contributed by atoms with Crippen molar-refractivity contribution in [2.75, 3.05) is 6.54 Å². The minimum atomic E-state index is -3.89. The summed E-state index contributed by atoms with van der Waals surface area (Å²) in [5.74, 6) is -2.01. The maximum absolute atomic E-state index is 14.6. The molecule has 3 fully saturated rings. The lowest BCUT2D eigenvalue weighted by Crippen LogP contribution is -2.58. The van der Waals surface area contributed by atoms with Gasteiger partial charge < -0.3 is 25.0 Å².